The van der Waals surface area contributed by atoms with Gasteiger partial charge in [0.15, 0.2) is 11.0 Å². The summed E-state index contributed by atoms with van der Waals surface area (Å²) in [6.07, 6.45) is 4.01. The summed E-state index contributed by atoms with van der Waals surface area (Å²) in [6, 6.07) is 7.01. The molecule has 0 saturated heterocycles. The Morgan fingerprint density at radius 2 is 2.00 bits per heavy atom. The maximum absolute atomic E-state index is 14.2. The maximum atomic E-state index is 14.2. The van der Waals surface area contributed by atoms with Crippen molar-refractivity contribution >= 4 is 23.6 Å². The number of hydrogen-bond acceptors (Lipinski definition) is 5. The van der Waals surface area contributed by atoms with Crippen LogP contribution in [0.1, 0.15) is 31.7 Å². The summed E-state index contributed by atoms with van der Waals surface area (Å²) in [5.41, 5.74) is 0.411. The van der Waals surface area contributed by atoms with E-state index in [9.17, 15) is 14.0 Å². The van der Waals surface area contributed by atoms with Crippen molar-refractivity contribution in [2.75, 3.05) is 19.3 Å². The molecule has 2 aliphatic rings. The van der Waals surface area contributed by atoms with Gasteiger partial charge in [-0.2, -0.15) is 0 Å². The van der Waals surface area contributed by atoms with E-state index >= 15 is 0 Å². The minimum atomic E-state index is -0.342. The summed E-state index contributed by atoms with van der Waals surface area (Å²) in [6.45, 7) is 0.0473. The van der Waals surface area contributed by atoms with Crippen LogP contribution in [0.5, 0.6) is 0 Å². The second kappa shape index (κ2) is 7.90. The minimum absolute atomic E-state index is 0.0473. The van der Waals surface area contributed by atoms with Crippen LogP contribution >= 0.6 is 11.8 Å². The zero-order valence-electron chi connectivity index (χ0n) is 15.6. The molecule has 1 N–H and O–H groups in total. The quantitative estimate of drug-likeness (QED) is 0.684. The average molecular weight is 403 g/mol. The number of rotatable bonds is 8. The van der Waals surface area contributed by atoms with Gasteiger partial charge in [-0.25, -0.2) is 4.39 Å². The molecule has 148 valence electrons. The van der Waals surface area contributed by atoms with Crippen LogP contribution in [0.3, 0.4) is 0 Å². The van der Waals surface area contributed by atoms with Crippen molar-refractivity contribution in [3.05, 3.63) is 30.1 Å². The zero-order valence-corrected chi connectivity index (χ0v) is 16.4. The summed E-state index contributed by atoms with van der Waals surface area (Å²) in [7, 11) is 1.62. The number of nitrogens with one attached hydrogen (secondary N) is 1. The van der Waals surface area contributed by atoms with E-state index in [0.717, 1.165) is 25.7 Å². The fraction of sp³-hybridized carbons (Fsp3) is 0.474. The Labute approximate surface area is 166 Å². The number of carbonyl (C=O) groups excluding carboxylic acids is 2. The Balaban J connectivity index is 1.41. The van der Waals surface area contributed by atoms with Gasteiger partial charge >= 0.3 is 0 Å². The number of hydrogen-bond donors (Lipinski definition) is 1. The number of amides is 2. The van der Waals surface area contributed by atoms with Crippen molar-refractivity contribution in [2.24, 2.45) is 0 Å². The molecule has 1 aromatic carbocycles. The standard InChI is InChI=1S/C19H22FN5O2S/c1-24(10-16(26)21-12-6-7-12)17(27)11-28-19-23-22-18(25(19)13-8-9-13)14-4-2-3-5-15(14)20/h2-5,12-13H,6-11H2,1H3,(H,21,26). The minimum Gasteiger partial charge on any atom is -0.352 e. The molecule has 0 spiro atoms. The second-order valence-electron chi connectivity index (χ2n) is 7.27. The van der Waals surface area contributed by atoms with E-state index in [2.05, 4.69) is 15.5 Å². The molecule has 7 nitrogen and oxygen atoms in total. The first-order valence-corrected chi connectivity index (χ1v) is 10.4. The summed E-state index contributed by atoms with van der Waals surface area (Å²) in [5, 5.41) is 11.8. The van der Waals surface area contributed by atoms with E-state index in [4.69, 9.17) is 0 Å². The first-order valence-electron chi connectivity index (χ1n) is 9.39. The van der Waals surface area contributed by atoms with Gasteiger partial charge in [0.2, 0.25) is 11.8 Å². The van der Waals surface area contributed by atoms with Crippen molar-refractivity contribution in [1.29, 1.82) is 0 Å². The normalized spacial score (nSPS) is 16.1. The molecule has 2 saturated carbocycles. The lowest BCUT2D eigenvalue weighted by Crippen LogP contribution is -2.39. The van der Waals surface area contributed by atoms with Gasteiger partial charge in [-0.15, -0.1) is 10.2 Å². The number of likely N-dealkylation sites (N-methyl/N-ethyl adjacent to an activating group) is 1. The van der Waals surface area contributed by atoms with E-state index in [0.29, 0.717) is 16.5 Å². The monoisotopic (exact) mass is 403 g/mol. The van der Waals surface area contributed by atoms with Crippen LogP contribution in [0.2, 0.25) is 0 Å². The molecule has 0 unspecified atom stereocenters. The highest BCUT2D eigenvalue weighted by Gasteiger charge is 2.31. The Morgan fingerprint density at radius 3 is 2.68 bits per heavy atom. The van der Waals surface area contributed by atoms with Crippen LogP contribution in [0.4, 0.5) is 4.39 Å². The Kier molecular flexibility index (Phi) is 5.34. The van der Waals surface area contributed by atoms with Gasteiger partial charge in [-0.1, -0.05) is 23.9 Å². The van der Waals surface area contributed by atoms with Gasteiger partial charge in [-0.05, 0) is 37.8 Å². The average Bonchev–Trinajstić information content (AvgIpc) is 3.60. The van der Waals surface area contributed by atoms with E-state index in [-0.39, 0.29) is 42.0 Å². The van der Waals surface area contributed by atoms with Crippen LogP contribution in [-0.4, -0.2) is 56.9 Å². The van der Waals surface area contributed by atoms with Crippen LogP contribution in [0.25, 0.3) is 11.4 Å². The molecule has 0 radical (unpaired) electrons. The fourth-order valence-corrected chi connectivity index (χ4v) is 3.85. The number of thioether (sulfide) groups is 1. The molecule has 4 rings (SSSR count). The lowest BCUT2D eigenvalue weighted by molar-refractivity contribution is -0.132. The van der Waals surface area contributed by atoms with Gasteiger partial charge < -0.3 is 10.2 Å². The van der Waals surface area contributed by atoms with Gasteiger partial charge in [0.1, 0.15) is 5.82 Å². The SMILES string of the molecule is CN(CC(=O)NC1CC1)C(=O)CSc1nnc(-c2ccccc2F)n1C1CC1. The van der Waals surface area contributed by atoms with Gasteiger partial charge in [-0.3, -0.25) is 14.2 Å². The van der Waals surface area contributed by atoms with Crippen molar-refractivity contribution in [3.8, 4) is 11.4 Å². The molecular formula is C19H22FN5O2S. The lowest BCUT2D eigenvalue weighted by atomic mass is 10.2. The predicted molar refractivity (Wildman–Crippen MR) is 103 cm³/mol. The van der Waals surface area contributed by atoms with Crippen molar-refractivity contribution in [2.45, 2.75) is 42.9 Å². The van der Waals surface area contributed by atoms with E-state index in [1.54, 1.807) is 25.2 Å². The molecular weight excluding hydrogens is 381 g/mol. The topological polar surface area (TPSA) is 80.1 Å². The van der Waals surface area contributed by atoms with E-state index < -0.39 is 0 Å². The smallest absolute Gasteiger partial charge is 0.239 e. The molecule has 0 aliphatic heterocycles. The van der Waals surface area contributed by atoms with E-state index in [1.165, 1.54) is 22.7 Å². The molecule has 28 heavy (non-hydrogen) atoms. The summed E-state index contributed by atoms with van der Waals surface area (Å²) in [4.78, 5) is 25.7. The summed E-state index contributed by atoms with van der Waals surface area (Å²) in [5.74, 6) is 0.00798. The molecule has 2 aromatic rings. The van der Waals surface area contributed by atoms with Crippen LogP contribution in [0.15, 0.2) is 29.4 Å². The largest absolute Gasteiger partial charge is 0.352 e. The highest BCUT2D eigenvalue weighted by Crippen LogP contribution is 2.41. The first kappa shape index (κ1) is 18.9. The van der Waals surface area contributed by atoms with Crippen molar-refractivity contribution in [1.82, 2.24) is 25.0 Å². The van der Waals surface area contributed by atoms with Crippen LogP contribution < -0.4 is 5.32 Å². The molecule has 0 atom stereocenters. The molecule has 2 aliphatic carbocycles. The third-order valence-corrected chi connectivity index (χ3v) is 5.69. The number of carbonyl (C=O) groups is 2. The van der Waals surface area contributed by atoms with Gasteiger partial charge in [0, 0.05) is 19.1 Å². The van der Waals surface area contributed by atoms with E-state index in [1.807, 2.05) is 4.57 Å². The first-order chi connectivity index (χ1) is 13.5. The Morgan fingerprint density at radius 1 is 1.25 bits per heavy atom. The number of nitrogens with zero attached hydrogens (tertiary/aromatic N) is 4. The third-order valence-electron chi connectivity index (χ3n) is 4.77. The van der Waals surface area contributed by atoms with Crippen molar-refractivity contribution < 1.29 is 14.0 Å². The maximum Gasteiger partial charge on any atom is 0.239 e. The molecule has 9 heteroatoms. The highest BCUT2D eigenvalue weighted by molar-refractivity contribution is 7.99. The zero-order chi connectivity index (χ0) is 19.7. The molecule has 1 aromatic heterocycles. The van der Waals surface area contributed by atoms with Crippen LogP contribution in [-0.2, 0) is 9.59 Å². The third kappa shape index (κ3) is 4.35. The highest BCUT2D eigenvalue weighted by atomic mass is 32.2. The number of aromatic nitrogens is 3. The number of benzene rings is 1. The van der Waals surface area contributed by atoms with Crippen LogP contribution in [0, 0.1) is 5.82 Å². The van der Waals surface area contributed by atoms with Gasteiger partial charge in [0.25, 0.3) is 0 Å². The lowest BCUT2D eigenvalue weighted by Gasteiger charge is -2.16. The number of halogens is 1. The molecule has 1 heterocycles. The van der Waals surface area contributed by atoms with Gasteiger partial charge in [0.05, 0.1) is 17.9 Å². The van der Waals surface area contributed by atoms with Crippen molar-refractivity contribution in [3.63, 3.8) is 0 Å². The predicted octanol–water partition coefficient (Wildman–Crippen LogP) is 2.25. The summed E-state index contributed by atoms with van der Waals surface area (Å²) < 4.78 is 16.1. The molecule has 0 bridgehead atoms. The Hall–Kier alpha value is -2.42. The Bertz CT molecular complexity index is 894. The second-order valence-corrected chi connectivity index (χ2v) is 8.21. The fourth-order valence-electron chi connectivity index (χ4n) is 2.90. The molecule has 2 fully saturated rings. The molecule has 2 amide bonds. The summed E-state index contributed by atoms with van der Waals surface area (Å²) >= 11 is 1.27.